The highest BCUT2D eigenvalue weighted by atomic mass is 16.3. The van der Waals surface area contributed by atoms with Gasteiger partial charge in [-0.2, -0.15) is 15.1 Å². The zero-order valence-corrected chi connectivity index (χ0v) is 12.8. The fraction of sp³-hybridized carbons (Fsp3) is 0.357. The smallest absolute Gasteiger partial charge is 0.254 e. The van der Waals surface area contributed by atoms with E-state index < -0.39 is 36.6 Å². The third-order valence-corrected chi connectivity index (χ3v) is 4.38. The zero-order chi connectivity index (χ0) is 17.7. The van der Waals surface area contributed by atoms with E-state index in [-0.39, 0.29) is 22.9 Å². The van der Waals surface area contributed by atoms with Crippen LogP contribution in [-0.4, -0.2) is 69.2 Å². The molecule has 5 N–H and O–H groups in total. The highest BCUT2D eigenvalue weighted by molar-refractivity contribution is 5.91. The van der Waals surface area contributed by atoms with Crippen molar-refractivity contribution in [2.24, 2.45) is 5.92 Å². The highest BCUT2D eigenvalue weighted by Crippen LogP contribution is 2.34. The van der Waals surface area contributed by atoms with E-state index in [2.05, 4.69) is 20.1 Å². The number of nitrogens with two attached hydrogens (primary N) is 1. The second-order valence-corrected chi connectivity index (χ2v) is 5.80. The first kappa shape index (κ1) is 15.6. The van der Waals surface area contributed by atoms with E-state index in [0.717, 1.165) is 0 Å². The van der Waals surface area contributed by atoms with Crippen LogP contribution in [-0.2, 0) is 4.79 Å². The van der Waals surface area contributed by atoms with Crippen LogP contribution < -0.4 is 5.73 Å². The predicted molar refractivity (Wildman–Crippen MR) is 83.5 cm³/mol. The summed E-state index contributed by atoms with van der Waals surface area (Å²) >= 11 is 0. The fourth-order valence-corrected chi connectivity index (χ4v) is 3.10. The molecule has 1 aliphatic carbocycles. The largest absolute Gasteiger partial charge is 0.396 e. The van der Waals surface area contributed by atoms with Crippen molar-refractivity contribution in [1.29, 1.82) is 0 Å². The molecule has 0 radical (unpaired) electrons. The standard InChI is InChI=1S/C14H15N7O4/c15-12-7-13(19-14(18-12)21-3-1-2-17-21)20(5-16-7)8-9(23)6(4-22)10(24)11(8)25/h1-3,5-6,8,10-11,22,24-25H,4H2,(H2,15,18,19)/t6-,8-,10-,11+/m0/s1. The Morgan fingerprint density at radius 1 is 1.24 bits per heavy atom. The van der Waals surface area contributed by atoms with Crippen LogP contribution in [0.2, 0.25) is 0 Å². The van der Waals surface area contributed by atoms with E-state index >= 15 is 0 Å². The van der Waals surface area contributed by atoms with Crippen molar-refractivity contribution in [3.8, 4) is 5.95 Å². The summed E-state index contributed by atoms with van der Waals surface area (Å²) in [6.45, 7) is -0.560. The van der Waals surface area contributed by atoms with Crippen molar-refractivity contribution in [2.75, 3.05) is 12.3 Å². The summed E-state index contributed by atoms with van der Waals surface area (Å²) in [5.41, 5.74) is 6.41. The van der Waals surface area contributed by atoms with Gasteiger partial charge in [-0.15, -0.1) is 0 Å². The molecule has 130 valence electrons. The van der Waals surface area contributed by atoms with E-state index in [0.29, 0.717) is 0 Å². The first-order chi connectivity index (χ1) is 12.0. The summed E-state index contributed by atoms with van der Waals surface area (Å²) < 4.78 is 2.73. The van der Waals surface area contributed by atoms with Gasteiger partial charge in [-0.25, -0.2) is 9.67 Å². The molecule has 3 aromatic rings. The molecule has 3 aromatic heterocycles. The van der Waals surface area contributed by atoms with Crippen LogP contribution in [0.3, 0.4) is 0 Å². The monoisotopic (exact) mass is 345 g/mol. The molecule has 0 spiro atoms. The second-order valence-electron chi connectivity index (χ2n) is 5.80. The molecule has 0 unspecified atom stereocenters. The van der Waals surface area contributed by atoms with Crippen LogP contribution in [0.1, 0.15) is 6.04 Å². The second kappa shape index (κ2) is 5.58. The van der Waals surface area contributed by atoms with Gasteiger partial charge in [-0.3, -0.25) is 4.79 Å². The summed E-state index contributed by atoms with van der Waals surface area (Å²) in [6, 6.07) is 0.560. The Hall–Kier alpha value is -2.89. The maximum absolute atomic E-state index is 12.5. The molecular weight excluding hydrogens is 330 g/mol. The van der Waals surface area contributed by atoms with Gasteiger partial charge in [-0.1, -0.05) is 0 Å². The van der Waals surface area contributed by atoms with E-state index in [4.69, 9.17) is 5.73 Å². The van der Waals surface area contributed by atoms with Gasteiger partial charge < -0.3 is 25.6 Å². The van der Waals surface area contributed by atoms with Gasteiger partial charge in [0.05, 0.1) is 25.0 Å². The van der Waals surface area contributed by atoms with Crippen LogP contribution in [0.5, 0.6) is 0 Å². The normalized spacial score (nSPS) is 26.6. The third kappa shape index (κ3) is 2.21. The van der Waals surface area contributed by atoms with Gasteiger partial charge in [0.15, 0.2) is 17.2 Å². The van der Waals surface area contributed by atoms with Crippen LogP contribution in [0, 0.1) is 5.92 Å². The van der Waals surface area contributed by atoms with Crippen molar-refractivity contribution in [1.82, 2.24) is 29.3 Å². The molecule has 0 bridgehead atoms. The maximum atomic E-state index is 12.5. The summed E-state index contributed by atoms with van der Waals surface area (Å²) in [7, 11) is 0. The molecule has 0 amide bonds. The average Bonchev–Trinajstić information content (AvgIpc) is 3.29. The molecule has 1 saturated carbocycles. The van der Waals surface area contributed by atoms with Crippen LogP contribution in [0.15, 0.2) is 24.8 Å². The van der Waals surface area contributed by atoms with Crippen LogP contribution in [0.4, 0.5) is 5.82 Å². The van der Waals surface area contributed by atoms with Crippen molar-refractivity contribution < 1.29 is 20.1 Å². The maximum Gasteiger partial charge on any atom is 0.254 e. The zero-order valence-electron chi connectivity index (χ0n) is 12.8. The number of anilines is 1. The fourth-order valence-electron chi connectivity index (χ4n) is 3.10. The lowest BCUT2D eigenvalue weighted by molar-refractivity contribution is -0.125. The number of aliphatic hydroxyl groups excluding tert-OH is 3. The van der Waals surface area contributed by atoms with E-state index in [1.54, 1.807) is 18.5 Å². The number of hydrogen-bond donors (Lipinski definition) is 4. The molecule has 1 aliphatic rings. The number of nitrogen functional groups attached to an aromatic ring is 1. The lowest BCUT2D eigenvalue weighted by Crippen LogP contribution is -2.30. The molecule has 4 rings (SSSR count). The minimum absolute atomic E-state index is 0.0912. The minimum atomic E-state index is -1.40. The van der Waals surface area contributed by atoms with Gasteiger partial charge in [0.25, 0.3) is 5.95 Å². The molecule has 0 aliphatic heterocycles. The van der Waals surface area contributed by atoms with Gasteiger partial charge in [-0.05, 0) is 6.07 Å². The quantitative estimate of drug-likeness (QED) is 0.422. The average molecular weight is 345 g/mol. The van der Waals surface area contributed by atoms with E-state index in [1.807, 2.05) is 0 Å². The molecule has 11 nitrogen and oxygen atoms in total. The van der Waals surface area contributed by atoms with Crippen molar-refractivity contribution in [3.05, 3.63) is 24.8 Å². The number of fused-ring (bicyclic) bond motifs is 1. The number of carbonyl (C=O) groups excluding carboxylic acids is 1. The number of rotatable bonds is 3. The number of carbonyl (C=O) groups is 1. The van der Waals surface area contributed by atoms with E-state index in [1.165, 1.54) is 15.6 Å². The van der Waals surface area contributed by atoms with Crippen LogP contribution >= 0.6 is 0 Å². The number of nitrogens with zero attached hydrogens (tertiary/aromatic N) is 6. The lowest BCUT2D eigenvalue weighted by atomic mass is 10.1. The number of aliphatic hydroxyl groups is 3. The molecule has 25 heavy (non-hydrogen) atoms. The molecule has 1 fully saturated rings. The van der Waals surface area contributed by atoms with Crippen molar-refractivity contribution in [3.63, 3.8) is 0 Å². The Morgan fingerprint density at radius 3 is 2.68 bits per heavy atom. The number of hydrogen-bond acceptors (Lipinski definition) is 9. The SMILES string of the molecule is Nc1nc(-n2cccn2)nc2c1ncn2[C@H]1C(=O)[C@H](CO)[C@H](O)[C@@H]1O. The number of aromatic nitrogens is 6. The van der Waals surface area contributed by atoms with Crippen molar-refractivity contribution >= 4 is 22.8 Å². The number of imidazole rings is 1. The summed E-state index contributed by atoms with van der Waals surface area (Å²) in [6.07, 6.45) is 1.72. The Bertz CT molecular complexity index is 938. The Kier molecular flexibility index (Phi) is 3.49. The predicted octanol–water partition coefficient (Wildman–Crippen LogP) is -1.95. The molecule has 11 heteroatoms. The Balaban J connectivity index is 1.87. The summed E-state index contributed by atoms with van der Waals surface area (Å²) in [4.78, 5) is 25.0. The lowest BCUT2D eigenvalue weighted by Gasteiger charge is -2.17. The molecule has 0 aromatic carbocycles. The Morgan fingerprint density at radius 2 is 2.04 bits per heavy atom. The van der Waals surface area contributed by atoms with Gasteiger partial charge >= 0.3 is 0 Å². The number of Topliss-reactive ketones (excluding diaryl/α,β-unsaturated/α-hetero) is 1. The molecule has 0 saturated heterocycles. The summed E-state index contributed by atoms with van der Waals surface area (Å²) in [5.74, 6) is -1.30. The molecular formula is C14H15N7O4. The highest BCUT2D eigenvalue weighted by Gasteiger charge is 2.49. The number of ketones is 1. The Labute approximate surface area is 140 Å². The topological polar surface area (TPSA) is 165 Å². The summed E-state index contributed by atoms with van der Waals surface area (Å²) in [5, 5.41) is 33.6. The van der Waals surface area contributed by atoms with Gasteiger partial charge in [0, 0.05) is 12.4 Å². The van der Waals surface area contributed by atoms with Crippen molar-refractivity contribution in [2.45, 2.75) is 18.2 Å². The third-order valence-electron chi connectivity index (χ3n) is 4.38. The van der Waals surface area contributed by atoms with Gasteiger partial charge in [0.1, 0.15) is 17.7 Å². The molecule has 4 atom stereocenters. The van der Waals surface area contributed by atoms with E-state index in [9.17, 15) is 20.1 Å². The first-order valence-corrected chi connectivity index (χ1v) is 7.53. The van der Waals surface area contributed by atoms with Crippen LogP contribution in [0.25, 0.3) is 17.1 Å². The minimum Gasteiger partial charge on any atom is -0.396 e. The van der Waals surface area contributed by atoms with Gasteiger partial charge in [0.2, 0.25) is 0 Å². The first-order valence-electron chi connectivity index (χ1n) is 7.53. The molecule has 3 heterocycles.